The highest BCUT2D eigenvalue weighted by Gasteiger charge is 2.35. The van der Waals surface area contributed by atoms with Gasteiger partial charge in [-0.15, -0.1) is 0 Å². The van der Waals surface area contributed by atoms with E-state index >= 15 is 0 Å². The van der Waals surface area contributed by atoms with Crippen molar-refractivity contribution >= 4 is 0 Å². The molecule has 16 heavy (non-hydrogen) atoms. The van der Waals surface area contributed by atoms with Gasteiger partial charge in [-0.05, 0) is 17.5 Å². The van der Waals surface area contributed by atoms with Gasteiger partial charge in [0.15, 0.2) is 0 Å². The van der Waals surface area contributed by atoms with Crippen molar-refractivity contribution in [2.45, 2.75) is 32.5 Å². The summed E-state index contributed by atoms with van der Waals surface area (Å²) in [6.07, 6.45) is -4.85. The highest BCUT2D eigenvalue weighted by molar-refractivity contribution is 5.31. The van der Waals surface area contributed by atoms with Gasteiger partial charge >= 0.3 is 6.18 Å². The molecule has 0 aliphatic carbocycles. The van der Waals surface area contributed by atoms with Crippen molar-refractivity contribution in [2.75, 3.05) is 0 Å². The van der Waals surface area contributed by atoms with E-state index in [1.54, 1.807) is 6.92 Å². The molecular weight excluding hydrogens is 217 g/mol. The third kappa shape index (κ3) is 2.76. The van der Waals surface area contributed by atoms with E-state index < -0.39 is 17.8 Å². The SMILES string of the molecule is CCC(C)C(O)c1ccccc1C(F)(F)F. The van der Waals surface area contributed by atoms with Crippen LogP contribution >= 0.6 is 0 Å². The lowest BCUT2D eigenvalue weighted by atomic mass is 9.92. The van der Waals surface area contributed by atoms with Crippen LogP contribution < -0.4 is 0 Å². The molecule has 1 nitrogen and oxygen atoms in total. The Balaban J connectivity index is 3.13. The van der Waals surface area contributed by atoms with E-state index in [0.717, 1.165) is 6.07 Å². The summed E-state index contributed by atoms with van der Waals surface area (Å²) in [5, 5.41) is 9.83. The van der Waals surface area contributed by atoms with Crippen LogP contribution in [0.2, 0.25) is 0 Å². The monoisotopic (exact) mass is 232 g/mol. The highest BCUT2D eigenvalue weighted by atomic mass is 19.4. The molecule has 1 aromatic carbocycles. The minimum Gasteiger partial charge on any atom is -0.388 e. The Bertz CT molecular complexity index is 346. The molecule has 0 radical (unpaired) electrons. The first-order chi connectivity index (χ1) is 7.38. The highest BCUT2D eigenvalue weighted by Crippen LogP contribution is 2.36. The van der Waals surface area contributed by atoms with Crippen LogP contribution in [0.3, 0.4) is 0 Å². The standard InChI is InChI=1S/C12H15F3O/c1-3-8(2)11(16)9-6-4-5-7-10(9)12(13,14)15/h4-8,11,16H,3H2,1-2H3. The molecule has 0 saturated carbocycles. The molecule has 0 amide bonds. The zero-order valence-electron chi connectivity index (χ0n) is 9.25. The van der Waals surface area contributed by atoms with Crippen molar-refractivity contribution in [3.05, 3.63) is 35.4 Å². The molecule has 0 aliphatic heterocycles. The van der Waals surface area contributed by atoms with Crippen LogP contribution in [0.5, 0.6) is 0 Å². The maximum Gasteiger partial charge on any atom is 0.416 e. The number of hydrogen-bond donors (Lipinski definition) is 1. The molecular formula is C12H15F3O. The van der Waals surface area contributed by atoms with Crippen LogP contribution in [-0.2, 0) is 6.18 Å². The fraction of sp³-hybridized carbons (Fsp3) is 0.500. The molecule has 0 aromatic heterocycles. The molecule has 0 fully saturated rings. The number of rotatable bonds is 3. The van der Waals surface area contributed by atoms with Gasteiger partial charge in [0.1, 0.15) is 0 Å². The lowest BCUT2D eigenvalue weighted by Crippen LogP contribution is -2.15. The number of alkyl halides is 3. The average Bonchev–Trinajstić information content (AvgIpc) is 2.26. The fourth-order valence-electron chi connectivity index (χ4n) is 1.54. The van der Waals surface area contributed by atoms with E-state index in [1.165, 1.54) is 18.2 Å². The number of benzene rings is 1. The Labute approximate surface area is 92.9 Å². The summed E-state index contributed by atoms with van der Waals surface area (Å²) in [4.78, 5) is 0. The zero-order chi connectivity index (χ0) is 12.3. The third-order valence-corrected chi connectivity index (χ3v) is 2.77. The summed E-state index contributed by atoms with van der Waals surface area (Å²) in [5.74, 6) is -0.191. The minimum absolute atomic E-state index is 0.0376. The van der Waals surface area contributed by atoms with Crippen molar-refractivity contribution < 1.29 is 18.3 Å². The summed E-state index contributed by atoms with van der Waals surface area (Å²) in [6, 6.07) is 5.17. The number of aliphatic hydroxyl groups excluding tert-OH is 1. The van der Waals surface area contributed by atoms with E-state index in [9.17, 15) is 18.3 Å². The number of aliphatic hydroxyl groups is 1. The van der Waals surface area contributed by atoms with Gasteiger partial charge in [-0.2, -0.15) is 13.2 Å². The van der Waals surface area contributed by atoms with Crippen LogP contribution in [0.4, 0.5) is 13.2 Å². The molecule has 2 unspecified atom stereocenters. The van der Waals surface area contributed by atoms with Gasteiger partial charge in [0.25, 0.3) is 0 Å². The van der Waals surface area contributed by atoms with Crippen LogP contribution in [0, 0.1) is 5.92 Å². The van der Waals surface area contributed by atoms with Gasteiger partial charge in [-0.1, -0.05) is 38.5 Å². The molecule has 0 bridgehead atoms. The quantitative estimate of drug-likeness (QED) is 0.840. The van der Waals surface area contributed by atoms with Crippen molar-refractivity contribution in [2.24, 2.45) is 5.92 Å². The Hall–Kier alpha value is -1.03. The summed E-state index contributed by atoms with van der Waals surface area (Å²) in [5.41, 5.74) is -0.785. The normalized spacial score (nSPS) is 15.9. The first kappa shape index (κ1) is 13.0. The Morgan fingerprint density at radius 2 is 1.81 bits per heavy atom. The average molecular weight is 232 g/mol. The Kier molecular flexibility index (Phi) is 3.97. The number of hydrogen-bond acceptors (Lipinski definition) is 1. The first-order valence-electron chi connectivity index (χ1n) is 5.22. The van der Waals surface area contributed by atoms with E-state index in [2.05, 4.69) is 0 Å². The second kappa shape index (κ2) is 4.87. The Morgan fingerprint density at radius 3 is 2.31 bits per heavy atom. The molecule has 1 N–H and O–H groups in total. The van der Waals surface area contributed by atoms with E-state index in [0.29, 0.717) is 6.42 Å². The van der Waals surface area contributed by atoms with E-state index in [1.807, 2.05) is 6.92 Å². The second-order valence-electron chi connectivity index (χ2n) is 3.92. The summed E-state index contributed by atoms with van der Waals surface area (Å²) < 4.78 is 38.0. The zero-order valence-corrected chi connectivity index (χ0v) is 9.25. The van der Waals surface area contributed by atoms with Crippen molar-refractivity contribution in [1.29, 1.82) is 0 Å². The molecule has 4 heteroatoms. The van der Waals surface area contributed by atoms with Gasteiger partial charge in [-0.25, -0.2) is 0 Å². The van der Waals surface area contributed by atoms with Crippen molar-refractivity contribution in [1.82, 2.24) is 0 Å². The van der Waals surface area contributed by atoms with Gasteiger partial charge in [-0.3, -0.25) is 0 Å². The van der Waals surface area contributed by atoms with Crippen LogP contribution in [0.15, 0.2) is 24.3 Å². The fourth-order valence-corrected chi connectivity index (χ4v) is 1.54. The molecule has 0 aliphatic rings. The van der Waals surface area contributed by atoms with Gasteiger partial charge in [0, 0.05) is 0 Å². The maximum atomic E-state index is 12.7. The predicted octanol–water partition coefficient (Wildman–Crippen LogP) is 3.78. The summed E-state index contributed by atoms with van der Waals surface area (Å²) in [6.45, 7) is 3.57. The maximum absolute atomic E-state index is 12.7. The van der Waals surface area contributed by atoms with Crippen LogP contribution in [-0.4, -0.2) is 5.11 Å². The topological polar surface area (TPSA) is 20.2 Å². The largest absolute Gasteiger partial charge is 0.416 e. The third-order valence-electron chi connectivity index (χ3n) is 2.77. The summed E-state index contributed by atoms with van der Waals surface area (Å²) in [7, 11) is 0. The molecule has 0 saturated heterocycles. The van der Waals surface area contributed by atoms with E-state index in [-0.39, 0.29) is 11.5 Å². The van der Waals surface area contributed by atoms with Crippen LogP contribution in [0.25, 0.3) is 0 Å². The van der Waals surface area contributed by atoms with E-state index in [4.69, 9.17) is 0 Å². The minimum atomic E-state index is -4.41. The lowest BCUT2D eigenvalue weighted by Gasteiger charge is -2.21. The molecule has 0 heterocycles. The predicted molar refractivity (Wildman–Crippen MR) is 55.9 cm³/mol. The smallest absolute Gasteiger partial charge is 0.388 e. The summed E-state index contributed by atoms with van der Waals surface area (Å²) >= 11 is 0. The molecule has 90 valence electrons. The van der Waals surface area contributed by atoms with Crippen LogP contribution in [0.1, 0.15) is 37.5 Å². The van der Waals surface area contributed by atoms with Gasteiger partial charge < -0.3 is 5.11 Å². The first-order valence-corrected chi connectivity index (χ1v) is 5.22. The molecule has 1 aromatic rings. The van der Waals surface area contributed by atoms with Crippen molar-refractivity contribution in [3.8, 4) is 0 Å². The molecule has 1 rings (SSSR count). The van der Waals surface area contributed by atoms with Gasteiger partial charge in [0.2, 0.25) is 0 Å². The number of halogens is 3. The van der Waals surface area contributed by atoms with Gasteiger partial charge in [0.05, 0.1) is 11.7 Å². The Morgan fingerprint density at radius 1 is 1.25 bits per heavy atom. The van der Waals surface area contributed by atoms with Crippen molar-refractivity contribution in [3.63, 3.8) is 0 Å². The molecule has 2 atom stereocenters. The lowest BCUT2D eigenvalue weighted by molar-refractivity contribution is -0.139. The molecule has 0 spiro atoms. The second-order valence-corrected chi connectivity index (χ2v) is 3.92.